The topological polar surface area (TPSA) is 17.1 Å². The summed E-state index contributed by atoms with van der Waals surface area (Å²) >= 11 is 0. The second kappa shape index (κ2) is 3.71. The van der Waals surface area contributed by atoms with E-state index in [1.165, 1.54) is 0 Å². The van der Waals surface area contributed by atoms with E-state index in [0.717, 1.165) is 0 Å². The fraction of sp³-hybridized carbons (Fsp3) is 0.750. The van der Waals surface area contributed by atoms with Crippen molar-refractivity contribution in [2.45, 2.75) is 12.8 Å². The summed E-state index contributed by atoms with van der Waals surface area (Å²) in [4.78, 5) is 9.37. The zero-order valence-electron chi connectivity index (χ0n) is 3.79. The first kappa shape index (κ1) is 6.53. The van der Waals surface area contributed by atoms with Crippen LogP contribution in [0.5, 0.6) is 0 Å². The molecule has 42 valence electrons. The lowest BCUT2D eigenvalue weighted by Crippen LogP contribution is -1.86. The number of rotatable bonds is 3. The van der Waals surface area contributed by atoms with Gasteiger partial charge in [-0.15, -0.1) is 0 Å². The number of carbonyl (C=O) groups is 1. The van der Waals surface area contributed by atoms with E-state index in [1.807, 2.05) is 0 Å². The molecule has 0 aliphatic carbocycles. The Morgan fingerprint density at radius 2 is 2.14 bits per heavy atom. The van der Waals surface area contributed by atoms with E-state index in [2.05, 4.69) is 0 Å². The Labute approximate surface area is 40.3 Å². The van der Waals surface area contributed by atoms with Crippen molar-refractivity contribution >= 4 is 6.04 Å². The van der Waals surface area contributed by atoms with Gasteiger partial charge >= 0.3 is 6.04 Å². The van der Waals surface area contributed by atoms with Gasteiger partial charge in [-0.05, 0) is 6.42 Å². The van der Waals surface area contributed by atoms with Crippen LogP contribution in [-0.4, -0.2) is 12.7 Å². The molecule has 0 rings (SSSR count). The van der Waals surface area contributed by atoms with Gasteiger partial charge in [0.1, 0.15) is 0 Å². The Hall–Kier alpha value is -0.470. The van der Waals surface area contributed by atoms with Gasteiger partial charge in [0.15, 0.2) is 0 Å². The number of alkyl halides is 1. The first-order valence-corrected chi connectivity index (χ1v) is 2.01. The first-order valence-electron chi connectivity index (χ1n) is 2.01. The third-order valence-electron chi connectivity index (χ3n) is 0.507. The van der Waals surface area contributed by atoms with E-state index in [9.17, 15) is 13.6 Å². The summed E-state index contributed by atoms with van der Waals surface area (Å²) < 4.78 is 22.1. The van der Waals surface area contributed by atoms with Crippen molar-refractivity contribution in [2.75, 3.05) is 6.67 Å². The molecule has 0 N–H and O–H groups in total. The zero-order chi connectivity index (χ0) is 5.70. The maximum absolute atomic E-state index is 11.1. The molecule has 0 spiro atoms. The van der Waals surface area contributed by atoms with E-state index < -0.39 is 12.7 Å². The first-order chi connectivity index (χ1) is 3.27. The number of halogens is 2. The van der Waals surface area contributed by atoms with Crippen LogP contribution in [0.1, 0.15) is 12.8 Å². The van der Waals surface area contributed by atoms with E-state index in [0.29, 0.717) is 0 Å². The van der Waals surface area contributed by atoms with Crippen molar-refractivity contribution in [3.8, 4) is 0 Å². The molecule has 0 aromatic rings. The van der Waals surface area contributed by atoms with Crippen LogP contribution in [0.25, 0.3) is 0 Å². The van der Waals surface area contributed by atoms with Crippen molar-refractivity contribution in [3.63, 3.8) is 0 Å². The Kier molecular flexibility index (Phi) is 3.46. The molecule has 0 unspecified atom stereocenters. The van der Waals surface area contributed by atoms with Gasteiger partial charge in [-0.3, -0.25) is 9.18 Å². The average molecular weight is 108 g/mol. The zero-order valence-corrected chi connectivity index (χ0v) is 3.79. The molecular weight excluding hydrogens is 102 g/mol. The molecule has 0 saturated heterocycles. The van der Waals surface area contributed by atoms with Crippen LogP contribution in [0.4, 0.5) is 8.78 Å². The lowest BCUT2D eigenvalue weighted by molar-refractivity contribution is -0.129. The van der Waals surface area contributed by atoms with Gasteiger partial charge in [0.25, 0.3) is 0 Å². The van der Waals surface area contributed by atoms with Gasteiger partial charge in [0, 0.05) is 6.42 Å². The normalized spacial score (nSPS) is 8.86. The molecule has 3 heteroatoms. The molecule has 0 bridgehead atoms. The molecule has 0 heterocycles. The van der Waals surface area contributed by atoms with E-state index >= 15 is 0 Å². The minimum absolute atomic E-state index is 0.00926. The summed E-state index contributed by atoms with van der Waals surface area (Å²) in [5.41, 5.74) is 0. The quantitative estimate of drug-likeness (QED) is 0.497. The fourth-order valence-electron chi connectivity index (χ4n) is 0.206. The molecule has 0 aromatic carbocycles. The van der Waals surface area contributed by atoms with Gasteiger partial charge in [-0.1, -0.05) is 0 Å². The molecule has 1 nitrogen and oxygen atoms in total. The van der Waals surface area contributed by atoms with Crippen LogP contribution in [0.2, 0.25) is 0 Å². The van der Waals surface area contributed by atoms with E-state index in [1.54, 1.807) is 0 Å². The van der Waals surface area contributed by atoms with Gasteiger partial charge in [0.05, 0.1) is 6.67 Å². The van der Waals surface area contributed by atoms with Crippen molar-refractivity contribution in [1.82, 2.24) is 0 Å². The summed E-state index contributed by atoms with van der Waals surface area (Å²) in [6.45, 7) is -0.615. The molecule has 0 fully saturated rings. The van der Waals surface area contributed by atoms with Gasteiger partial charge in [0.2, 0.25) is 0 Å². The number of hydrogen-bond donors (Lipinski definition) is 0. The lowest BCUT2D eigenvalue weighted by atomic mass is 10.3. The molecule has 0 aromatic heterocycles. The van der Waals surface area contributed by atoms with Crippen molar-refractivity contribution < 1.29 is 13.6 Å². The summed E-state index contributed by atoms with van der Waals surface area (Å²) in [5.74, 6) is 0. The van der Waals surface area contributed by atoms with Gasteiger partial charge in [-0.2, -0.15) is 4.39 Å². The molecule has 0 atom stereocenters. The van der Waals surface area contributed by atoms with Crippen LogP contribution < -0.4 is 0 Å². The molecule has 0 aliphatic rings. The highest BCUT2D eigenvalue weighted by atomic mass is 19.1. The Morgan fingerprint density at radius 3 is 2.29 bits per heavy atom. The van der Waals surface area contributed by atoms with Crippen LogP contribution >= 0.6 is 0 Å². The summed E-state index contributed by atoms with van der Waals surface area (Å²) in [5, 5.41) is 0. The smallest absolute Gasteiger partial charge is 0.261 e. The van der Waals surface area contributed by atoms with Gasteiger partial charge < -0.3 is 0 Å². The maximum Gasteiger partial charge on any atom is 0.301 e. The van der Waals surface area contributed by atoms with Gasteiger partial charge in [-0.25, -0.2) is 0 Å². The third-order valence-corrected chi connectivity index (χ3v) is 0.507. The van der Waals surface area contributed by atoms with E-state index in [-0.39, 0.29) is 12.8 Å². The van der Waals surface area contributed by atoms with Crippen molar-refractivity contribution in [3.05, 3.63) is 0 Å². The second-order valence-electron chi connectivity index (χ2n) is 1.15. The van der Waals surface area contributed by atoms with Crippen LogP contribution in [0, 0.1) is 0 Å². The lowest BCUT2D eigenvalue weighted by Gasteiger charge is -1.81. The largest absolute Gasteiger partial charge is 0.301 e. The fourth-order valence-corrected chi connectivity index (χ4v) is 0.206. The number of carbonyl (C=O) groups excluding carboxylic acids is 1. The highest BCUT2D eigenvalue weighted by Crippen LogP contribution is 1.90. The Balaban J connectivity index is 2.82. The molecule has 0 radical (unpaired) electrons. The van der Waals surface area contributed by atoms with Crippen LogP contribution in [-0.2, 0) is 4.79 Å². The minimum Gasteiger partial charge on any atom is -0.261 e. The Bertz CT molecular complexity index is 62.7. The monoisotopic (exact) mass is 108 g/mol. The Morgan fingerprint density at radius 1 is 1.57 bits per heavy atom. The average Bonchev–Trinajstić information content (AvgIpc) is 1.61. The van der Waals surface area contributed by atoms with E-state index in [4.69, 9.17) is 0 Å². The highest BCUT2D eigenvalue weighted by molar-refractivity contribution is 5.67. The van der Waals surface area contributed by atoms with Crippen LogP contribution in [0.3, 0.4) is 0 Å². The predicted octanol–water partition coefficient (Wildman–Crippen LogP) is 1.23. The molecule has 7 heavy (non-hydrogen) atoms. The maximum atomic E-state index is 11.1. The number of hydrogen-bond acceptors (Lipinski definition) is 1. The predicted molar refractivity (Wildman–Crippen MR) is 21.3 cm³/mol. The van der Waals surface area contributed by atoms with Crippen molar-refractivity contribution in [2.24, 2.45) is 0 Å². The third kappa shape index (κ3) is 5.53. The molecule has 0 saturated carbocycles. The summed E-state index contributed by atoms with van der Waals surface area (Å²) in [6.07, 6.45) is -0.272. The summed E-state index contributed by atoms with van der Waals surface area (Å²) in [6, 6.07) is -1.43. The standard InChI is InChI=1S/C4H6F2O/c5-3-1-2-4(6)7/h1-3H2. The second-order valence-corrected chi connectivity index (χ2v) is 1.15. The molecule has 0 amide bonds. The van der Waals surface area contributed by atoms with Crippen molar-refractivity contribution in [1.29, 1.82) is 0 Å². The molecular formula is C4H6F2O. The molecule has 0 aliphatic heterocycles. The summed E-state index contributed by atoms with van der Waals surface area (Å²) in [7, 11) is 0. The SMILES string of the molecule is O=C(F)CCCF. The van der Waals surface area contributed by atoms with Crippen LogP contribution in [0.15, 0.2) is 0 Å². The minimum atomic E-state index is -1.43. The highest BCUT2D eigenvalue weighted by Gasteiger charge is 1.94.